The van der Waals surface area contributed by atoms with E-state index < -0.39 is 0 Å². The lowest BCUT2D eigenvalue weighted by Crippen LogP contribution is -1.69. The highest BCUT2D eigenvalue weighted by Crippen LogP contribution is 1.86. The van der Waals surface area contributed by atoms with Crippen LogP contribution in [0.25, 0.3) is 0 Å². The molecular weight excluding hydrogens is 284 g/mol. The highest BCUT2D eigenvalue weighted by atomic mass is 16.5. The number of carbonyl (C=O) groups is 1. The van der Waals surface area contributed by atoms with Crippen molar-refractivity contribution in [2.45, 2.75) is 14.4 Å². The summed E-state index contributed by atoms with van der Waals surface area (Å²) in [6.07, 6.45) is 30.0. The van der Waals surface area contributed by atoms with Crippen molar-refractivity contribution in [3.05, 3.63) is 111 Å². The third-order valence-electron chi connectivity index (χ3n) is 1.85. The topological polar surface area (TPSA) is 26.3 Å². The SMILES string of the molecule is C.C/C=C/C=C/C=C/C=C/C=C/C=C/C=C/C=C/OC=O.C=C. The van der Waals surface area contributed by atoms with Crippen molar-refractivity contribution in [2.24, 2.45) is 0 Å². The fourth-order valence-corrected chi connectivity index (χ4v) is 1.00. The van der Waals surface area contributed by atoms with Crippen LogP contribution in [-0.4, -0.2) is 6.47 Å². The first-order chi connectivity index (χ1) is 10.9. The molecule has 0 aromatic heterocycles. The summed E-state index contributed by atoms with van der Waals surface area (Å²) in [5.41, 5.74) is 0. The summed E-state index contributed by atoms with van der Waals surface area (Å²) in [7, 11) is 0. The van der Waals surface area contributed by atoms with Gasteiger partial charge >= 0.3 is 0 Å². The zero-order valence-corrected chi connectivity index (χ0v) is 13.0. The fraction of sp³-hybridized carbons (Fsp3) is 0.0952. The first-order valence-corrected chi connectivity index (χ1v) is 6.78. The Morgan fingerprint density at radius 1 is 0.609 bits per heavy atom. The predicted octanol–water partition coefficient (Wildman–Crippen LogP) is 6.02. The maximum Gasteiger partial charge on any atom is 0.297 e. The lowest BCUT2D eigenvalue weighted by molar-refractivity contribution is -0.123. The smallest absolute Gasteiger partial charge is 0.297 e. The van der Waals surface area contributed by atoms with Crippen molar-refractivity contribution in [3.63, 3.8) is 0 Å². The van der Waals surface area contributed by atoms with Gasteiger partial charge in [0.1, 0.15) is 0 Å². The Kier molecular flexibility index (Phi) is 30.0. The van der Waals surface area contributed by atoms with E-state index in [0.717, 1.165) is 0 Å². The van der Waals surface area contributed by atoms with Gasteiger partial charge in [0, 0.05) is 0 Å². The van der Waals surface area contributed by atoms with Crippen LogP contribution >= 0.6 is 0 Å². The van der Waals surface area contributed by atoms with Crippen LogP contribution in [0.5, 0.6) is 0 Å². The second-order valence-electron chi connectivity index (χ2n) is 3.40. The fourth-order valence-electron chi connectivity index (χ4n) is 1.00. The molecule has 0 aromatic rings. The molecule has 0 rings (SSSR count). The highest BCUT2D eigenvalue weighted by molar-refractivity contribution is 5.38. The summed E-state index contributed by atoms with van der Waals surface area (Å²) >= 11 is 0. The molecule has 2 heteroatoms. The number of allylic oxidation sites excluding steroid dienone is 15. The van der Waals surface area contributed by atoms with Crippen LogP contribution in [0.3, 0.4) is 0 Å². The molecule has 0 atom stereocenters. The molecule has 0 heterocycles. The Morgan fingerprint density at radius 2 is 0.913 bits per heavy atom. The van der Waals surface area contributed by atoms with Gasteiger partial charge in [-0.15, -0.1) is 13.2 Å². The van der Waals surface area contributed by atoms with Crippen molar-refractivity contribution < 1.29 is 9.53 Å². The number of hydrogen-bond donors (Lipinski definition) is 0. The molecular formula is C21H28O2. The molecule has 0 saturated carbocycles. The van der Waals surface area contributed by atoms with E-state index in [4.69, 9.17) is 0 Å². The van der Waals surface area contributed by atoms with Crippen molar-refractivity contribution in [1.29, 1.82) is 0 Å². The average molecular weight is 312 g/mol. The largest absolute Gasteiger partial charge is 0.437 e. The minimum absolute atomic E-state index is 0. The summed E-state index contributed by atoms with van der Waals surface area (Å²) in [5, 5.41) is 0. The van der Waals surface area contributed by atoms with Gasteiger partial charge in [0.25, 0.3) is 6.47 Å². The molecule has 0 N–H and O–H groups in total. The zero-order valence-electron chi connectivity index (χ0n) is 13.0. The molecule has 23 heavy (non-hydrogen) atoms. The molecule has 0 saturated heterocycles. The molecule has 0 fully saturated rings. The molecule has 0 radical (unpaired) electrons. The van der Waals surface area contributed by atoms with Crippen LogP contribution in [0, 0.1) is 0 Å². The number of hydrogen-bond acceptors (Lipinski definition) is 2. The normalized spacial score (nSPS) is 12.2. The second-order valence-corrected chi connectivity index (χ2v) is 3.40. The van der Waals surface area contributed by atoms with Gasteiger partial charge in [-0.3, -0.25) is 4.79 Å². The van der Waals surface area contributed by atoms with Crippen LogP contribution in [0.1, 0.15) is 14.4 Å². The van der Waals surface area contributed by atoms with Gasteiger partial charge in [-0.1, -0.05) is 92.5 Å². The maximum atomic E-state index is 9.81. The van der Waals surface area contributed by atoms with Gasteiger partial charge in [0.05, 0.1) is 6.26 Å². The van der Waals surface area contributed by atoms with Crippen LogP contribution in [0.15, 0.2) is 111 Å². The summed E-state index contributed by atoms with van der Waals surface area (Å²) in [5.74, 6) is 0. The van der Waals surface area contributed by atoms with E-state index in [1.807, 2.05) is 85.9 Å². The Bertz CT molecular complexity index is 470. The van der Waals surface area contributed by atoms with Gasteiger partial charge in [0.15, 0.2) is 0 Å². The minimum Gasteiger partial charge on any atom is -0.437 e. The molecule has 0 spiro atoms. The maximum absolute atomic E-state index is 9.81. The van der Waals surface area contributed by atoms with Crippen LogP contribution in [-0.2, 0) is 9.53 Å². The first kappa shape index (κ1) is 25.1. The molecule has 0 aliphatic heterocycles. The van der Waals surface area contributed by atoms with E-state index in [2.05, 4.69) is 17.9 Å². The number of rotatable bonds is 9. The monoisotopic (exact) mass is 312 g/mol. The standard InChI is InChI=1S/C18H20O2.C2H4.CH4/c1-2-3-4-5-6-7-8-9-10-11-12-13-14-15-16-17-20-18-19;1-2;/h2-18H,1H3;1-2H2;1H4/b3-2+,5-4+,7-6+,9-8+,11-10+,13-12+,15-14+,17-16+;;. The molecule has 0 aliphatic rings. The van der Waals surface area contributed by atoms with E-state index in [1.165, 1.54) is 6.26 Å². The molecule has 124 valence electrons. The Morgan fingerprint density at radius 3 is 1.22 bits per heavy atom. The van der Waals surface area contributed by atoms with E-state index in [0.29, 0.717) is 6.47 Å². The summed E-state index contributed by atoms with van der Waals surface area (Å²) in [4.78, 5) is 9.81. The van der Waals surface area contributed by atoms with E-state index in [9.17, 15) is 4.79 Å². The van der Waals surface area contributed by atoms with Crippen molar-refractivity contribution in [1.82, 2.24) is 0 Å². The molecule has 2 nitrogen and oxygen atoms in total. The van der Waals surface area contributed by atoms with Crippen molar-refractivity contribution >= 4 is 6.47 Å². The lowest BCUT2D eigenvalue weighted by atomic mass is 10.3. The predicted molar refractivity (Wildman–Crippen MR) is 104 cm³/mol. The van der Waals surface area contributed by atoms with E-state index in [1.54, 1.807) is 12.2 Å². The van der Waals surface area contributed by atoms with Gasteiger partial charge in [-0.2, -0.15) is 0 Å². The molecule has 0 aromatic carbocycles. The molecule has 0 unspecified atom stereocenters. The van der Waals surface area contributed by atoms with Gasteiger partial charge in [0.2, 0.25) is 0 Å². The third kappa shape index (κ3) is 28.1. The average Bonchev–Trinajstić information content (AvgIpc) is 2.56. The summed E-state index contributed by atoms with van der Waals surface area (Å²) in [6.45, 7) is 8.36. The van der Waals surface area contributed by atoms with Gasteiger partial charge in [-0.25, -0.2) is 0 Å². The Hall–Kier alpha value is -2.87. The van der Waals surface area contributed by atoms with Crippen molar-refractivity contribution in [3.8, 4) is 0 Å². The van der Waals surface area contributed by atoms with Crippen LogP contribution in [0.2, 0.25) is 0 Å². The van der Waals surface area contributed by atoms with Gasteiger partial charge < -0.3 is 4.74 Å². The molecule has 0 amide bonds. The Labute approximate surface area is 141 Å². The van der Waals surface area contributed by atoms with E-state index >= 15 is 0 Å². The molecule has 0 bridgehead atoms. The molecule has 0 aliphatic carbocycles. The second kappa shape index (κ2) is 27.5. The van der Waals surface area contributed by atoms with Crippen LogP contribution < -0.4 is 0 Å². The summed E-state index contributed by atoms with van der Waals surface area (Å²) < 4.78 is 4.37. The number of ether oxygens (including phenoxy) is 1. The quantitative estimate of drug-likeness (QED) is 0.225. The van der Waals surface area contributed by atoms with E-state index in [-0.39, 0.29) is 7.43 Å². The Balaban J connectivity index is -0.00000128. The first-order valence-electron chi connectivity index (χ1n) is 6.78. The lowest BCUT2D eigenvalue weighted by Gasteiger charge is -1.78. The summed E-state index contributed by atoms with van der Waals surface area (Å²) in [6, 6.07) is 0. The van der Waals surface area contributed by atoms with Crippen molar-refractivity contribution in [2.75, 3.05) is 0 Å². The zero-order chi connectivity index (χ0) is 16.7. The van der Waals surface area contributed by atoms with Gasteiger partial charge in [-0.05, 0) is 13.0 Å². The highest BCUT2D eigenvalue weighted by Gasteiger charge is 1.66. The number of carbonyl (C=O) groups excluding carboxylic acids is 1. The third-order valence-corrected chi connectivity index (χ3v) is 1.85. The minimum atomic E-state index is 0. The van der Waals surface area contributed by atoms with Crippen LogP contribution in [0.4, 0.5) is 0 Å².